The molecule has 1 fully saturated rings. The molecule has 3 atom stereocenters. The van der Waals surface area contributed by atoms with Crippen LogP contribution in [-0.4, -0.2) is 36.1 Å². The lowest BCUT2D eigenvalue weighted by molar-refractivity contribution is -0.125. The fourth-order valence-corrected chi connectivity index (χ4v) is 4.26. The first-order valence-electron chi connectivity index (χ1n) is 9.29. The monoisotopic (exact) mass is 452 g/mol. The molecule has 0 saturated carbocycles. The van der Waals surface area contributed by atoms with Crippen molar-refractivity contribution in [2.45, 2.75) is 30.4 Å². The van der Waals surface area contributed by atoms with E-state index >= 15 is 0 Å². The van der Waals surface area contributed by atoms with E-state index < -0.39 is 35.3 Å². The lowest BCUT2D eigenvalue weighted by Gasteiger charge is -2.35. The fraction of sp³-hybridized carbons (Fsp3) is 0.300. The third-order valence-corrected chi connectivity index (χ3v) is 5.83. The predicted molar refractivity (Wildman–Crippen MR) is 115 cm³/mol. The van der Waals surface area contributed by atoms with E-state index in [0.717, 1.165) is 0 Å². The Balaban J connectivity index is 1.56. The lowest BCUT2D eigenvalue weighted by atomic mass is 10.1. The second kappa shape index (κ2) is 10.1. The molecule has 0 bridgehead atoms. The number of nitrogens with one attached hydrogen (secondary N) is 3. The molecule has 0 aliphatic carbocycles. The van der Waals surface area contributed by atoms with E-state index in [4.69, 9.17) is 22.1 Å². The first-order valence-corrected chi connectivity index (χ1v) is 10.7. The molecule has 5 N–H and O–H groups in total. The molecular weight excluding hydrogens is 431 g/mol. The lowest BCUT2D eigenvalue weighted by Crippen LogP contribution is -2.70. The van der Waals surface area contributed by atoms with Crippen LogP contribution in [0.4, 0.5) is 4.39 Å². The van der Waals surface area contributed by atoms with Crippen LogP contribution < -0.4 is 26.4 Å². The van der Waals surface area contributed by atoms with Crippen molar-refractivity contribution in [1.82, 2.24) is 16.0 Å². The van der Waals surface area contributed by atoms with Crippen LogP contribution in [0.3, 0.4) is 0 Å². The molecule has 0 spiro atoms. The summed E-state index contributed by atoms with van der Waals surface area (Å²) in [6, 6.07) is 10.1. The quantitative estimate of drug-likeness (QED) is 0.513. The zero-order valence-electron chi connectivity index (χ0n) is 16.2. The number of halogens is 2. The van der Waals surface area contributed by atoms with Crippen molar-refractivity contribution in [3.05, 3.63) is 64.4 Å². The summed E-state index contributed by atoms with van der Waals surface area (Å²) >= 11 is 7.27. The van der Waals surface area contributed by atoms with Gasteiger partial charge in [0.2, 0.25) is 5.91 Å². The van der Waals surface area contributed by atoms with Crippen molar-refractivity contribution in [3.8, 4) is 5.75 Å². The van der Waals surface area contributed by atoms with Crippen molar-refractivity contribution in [1.29, 1.82) is 0 Å². The minimum absolute atomic E-state index is 0.235. The second-order valence-corrected chi connectivity index (χ2v) is 8.00. The van der Waals surface area contributed by atoms with Gasteiger partial charge in [-0.15, -0.1) is 11.8 Å². The van der Waals surface area contributed by atoms with Gasteiger partial charge in [0, 0.05) is 21.9 Å². The smallest absolute Gasteiger partial charge is 0.252 e. The minimum Gasteiger partial charge on any atom is -0.494 e. The van der Waals surface area contributed by atoms with Crippen LogP contribution in [0.15, 0.2) is 42.5 Å². The summed E-state index contributed by atoms with van der Waals surface area (Å²) in [5.41, 5.74) is 6.23. The van der Waals surface area contributed by atoms with E-state index in [1.165, 1.54) is 23.9 Å². The summed E-state index contributed by atoms with van der Waals surface area (Å²) in [6.07, 6.45) is -0.820. The molecule has 160 valence electrons. The van der Waals surface area contributed by atoms with Gasteiger partial charge in [-0.25, -0.2) is 4.39 Å². The first-order chi connectivity index (χ1) is 14.4. The van der Waals surface area contributed by atoms with Gasteiger partial charge in [0.1, 0.15) is 23.1 Å². The number of hydrogen-bond acceptors (Lipinski definition) is 6. The average molecular weight is 453 g/mol. The molecule has 1 aliphatic rings. The first kappa shape index (κ1) is 22.4. The molecule has 0 aromatic heterocycles. The predicted octanol–water partition coefficient (Wildman–Crippen LogP) is 2.20. The Morgan fingerprint density at radius 3 is 2.67 bits per heavy atom. The average Bonchev–Trinajstić information content (AvgIpc) is 2.71. The molecule has 3 rings (SSSR count). The number of carbonyl (C=O) groups excluding carboxylic acids is 2. The van der Waals surface area contributed by atoms with Crippen molar-refractivity contribution in [2.75, 3.05) is 6.61 Å². The Bertz CT molecular complexity index is 895. The summed E-state index contributed by atoms with van der Waals surface area (Å²) in [4.78, 5) is 25.0. The number of rotatable bonds is 7. The summed E-state index contributed by atoms with van der Waals surface area (Å²) in [6.45, 7) is 2.39. The molecule has 30 heavy (non-hydrogen) atoms. The maximum atomic E-state index is 13.9. The zero-order chi connectivity index (χ0) is 21.7. The zero-order valence-corrected chi connectivity index (χ0v) is 17.7. The van der Waals surface area contributed by atoms with Gasteiger partial charge < -0.3 is 21.1 Å². The van der Waals surface area contributed by atoms with Gasteiger partial charge in [-0.1, -0.05) is 17.7 Å². The Labute approximate surface area is 182 Å². The molecule has 3 unspecified atom stereocenters. The van der Waals surface area contributed by atoms with Crippen LogP contribution >= 0.6 is 23.4 Å². The maximum absolute atomic E-state index is 13.9. The Hall–Kier alpha value is -2.33. The highest BCUT2D eigenvalue weighted by atomic mass is 35.5. The van der Waals surface area contributed by atoms with Crippen LogP contribution in [-0.2, 0) is 10.5 Å². The number of carbonyl (C=O) groups is 2. The van der Waals surface area contributed by atoms with Gasteiger partial charge in [-0.05, 0) is 43.3 Å². The molecule has 1 saturated heterocycles. The maximum Gasteiger partial charge on any atom is 0.252 e. The highest BCUT2D eigenvalue weighted by Crippen LogP contribution is 2.25. The van der Waals surface area contributed by atoms with Gasteiger partial charge in [0.05, 0.1) is 12.8 Å². The standard InChI is InChI=1S/C20H22ClFN4O3S/c1-2-29-12-8-6-11(7-9-12)18(27)24-16-17(23)25-20(26-19(16)28)30-10-13-14(21)4-3-5-15(13)22/h3-9,16-17,20,25H,2,10,23H2,1H3,(H,24,27)(H,26,28). The van der Waals surface area contributed by atoms with Crippen LogP contribution in [0.5, 0.6) is 5.75 Å². The minimum atomic E-state index is -0.960. The normalized spacial score (nSPS) is 21.1. The number of benzene rings is 2. The number of amides is 2. The Morgan fingerprint density at radius 1 is 1.30 bits per heavy atom. The molecule has 10 heteroatoms. The van der Waals surface area contributed by atoms with Crippen LogP contribution in [0.1, 0.15) is 22.8 Å². The summed E-state index contributed by atoms with van der Waals surface area (Å²) in [5, 5.41) is 8.66. The summed E-state index contributed by atoms with van der Waals surface area (Å²) in [7, 11) is 0. The van der Waals surface area contributed by atoms with Gasteiger partial charge in [0.25, 0.3) is 5.91 Å². The van der Waals surface area contributed by atoms with Crippen molar-refractivity contribution >= 4 is 35.2 Å². The van der Waals surface area contributed by atoms with E-state index in [9.17, 15) is 14.0 Å². The third-order valence-electron chi connectivity index (χ3n) is 4.43. The topological polar surface area (TPSA) is 105 Å². The molecule has 2 aromatic carbocycles. The number of thioether (sulfide) groups is 1. The summed E-state index contributed by atoms with van der Waals surface area (Å²) < 4.78 is 19.3. The van der Waals surface area contributed by atoms with E-state index in [1.54, 1.807) is 30.3 Å². The summed E-state index contributed by atoms with van der Waals surface area (Å²) in [5.74, 6) is -0.392. The van der Waals surface area contributed by atoms with Gasteiger partial charge in [-0.2, -0.15) is 0 Å². The molecular formula is C20H22ClFN4O3S. The van der Waals surface area contributed by atoms with Crippen molar-refractivity contribution in [2.24, 2.45) is 5.73 Å². The van der Waals surface area contributed by atoms with E-state index in [2.05, 4.69) is 16.0 Å². The number of hydrogen-bond donors (Lipinski definition) is 4. The molecule has 2 amide bonds. The van der Waals surface area contributed by atoms with Gasteiger partial charge >= 0.3 is 0 Å². The Kier molecular flexibility index (Phi) is 7.54. The van der Waals surface area contributed by atoms with Crippen molar-refractivity contribution in [3.63, 3.8) is 0 Å². The highest BCUT2D eigenvalue weighted by Gasteiger charge is 2.35. The highest BCUT2D eigenvalue weighted by molar-refractivity contribution is 7.99. The third kappa shape index (κ3) is 5.42. The molecule has 7 nitrogen and oxygen atoms in total. The number of ether oxygens (including phenoxy) is 1. The van der Waals surface area contributed by atoms with Crippen LogP contribution in [0.25, 0.3) is 0 Å². The van der Waals surface area contributed by atoms with E-state index in [-0.39, 0.29) is 5.75 Å². The SMILES string of the molecule is CCOc1ccc(C(=O)NC2C(=O)NC(SCc3c(F)cccc3Cl)NC2N)cc1. The largest absolute Gasteiger partial charge is 0.494 e. The van der Waals surface area contributed by atoms with Crippen molar-refractivity contribution < 1.29 is 18.7 Å². The molecule has 2 aromatic rings. The fourth-order valence-electron chi connectivity index (χ4n) is 2.87. The molecule has 1 aliphatic heterocycles. The van der Waals surface area contributed by atoms with Gasteiger partial charge in [-0.3, -0.25) is 14.9 Å². The van der Waals surface area contributed by atoms with Crippen LogP contribution in [0, 0.1) is 5.82 Å². The van der Waals surface area contributed by atoms with Gasteiger partial charge in [0.15, 0.2) is 0 Å². The van der Waals surface area contributed by atoms with E-state index in [0.29, 0.717) is 28.5 Å². The molecule has 1 heterocycles. The molecule has 0 radical (unpaired) electrons. The van der Waals surface area contributed by atoms with E-state index in [1.807, 2.05) is 6.92 Å². The van der Waals surface area contributed by atoms with Crippen LogP contribution in [0.2, 0.25) is 5.02 Å². The second-order valence-electron chi connectivity index (χ2n) is 6.50. The number of nitrogens with two attached hydrogens (primary N) is 1. The Morgan fingerprint density at radius 2 is 2.03 bits per heavy atom.